The zero-order valence-electron chi connectivity index (χ0n) is 7.25. The number of aromatic amines is 2. The maximum absolute atomic E-state index is 12.8. The minimum atomic E-state index is -0.579. The van der Waals surface area contributed by atoms with Gasteiger partial charge in [-0.2, -0.15) is 0 Å². The van der Waals surface area contributed by atoms with Crippen molar-refractivity contribution in [2.45, 2.75) is 0 Å². The molecule has 0 aliphatic carbocycles. The fourth-order valence-corrected chi connectivity index (χ4v) is 1.91. The smallest absolute Gasteiger partial charge is 0.247 e. The molecular weight excluding hydrogens is 316 g/mol. The van der Waals surface area contributed by atoms with Crippen molar-refractivity contribution in [1.29, 1.82) is 0 Å². The first kappa shape index (κ1) is 10.1. The fraction of sp³-hybridized carbons (Fsp3) is 0. The van der Waals surface area contributed by atoms with Gasteiger partial charge >= 0.3 is 11.4 Å². The summed E-state index contributed by atoms with van der Waals surface area (Å²) in [6.45, 7) is 0. The first-order chi connectivity index (χ1) is 7.09. The first-order valence-corrected chi connectivity index (χ1v) is 5.02. The zero-order valence-corrected chi connectivity index (χ0v) is 9.41. The highest BCUT2D eigenvalue weighted by Gasteiger charge is 2.09. The van der Waals surface area contributed by atoms with Gasteiger partial charge in [-0.15, -0.1) is 0 Å². The highest BCUT2D eigenvalue weighted by Crippen LogP contribution is 2.15. The summed E-state index contributed by atoms with van der Waals surface area (Å²) in [6, 6.07) is 3.81. The second-order valence-corrected chi connectivity index (χ2v) is 3.95. The van der Waals surface area contributed by atoms with E-state index >= 15 is 0 Å². The third-order valence-electron chi connectivity index (χ3n) is 1.83. The van der Waals surface area contributed by atoms with E-state index in [9.17, 15) is 14.0 Å². The molecule has 1 aromatic heterocycles. The topological polar surface area (TPSA) is 70.7 Å². The SMILES string of the molecule is O=c1[nH][nH]c(=O)n1-c1ccc(F)cc1I. The summed E-state index contributed by atoms with van der Waals surface area (Å²) in [7, 11) is 0. The average molecular weight is 321 g/mol. The molecule has 7 heteroatoms. The molecule has 1 aromatic carbocycles. The predicted octanol–water partition coefficient (Wildman–Crippen LogP) is 0.598. The van der Waals surface area contributed by atoms with Gasteiger partial charge in [-0.3, -0.25) is 0 Å². The van der Waals surface area contributed by atoms with Gasteiger partial charge in [0.25, 0.3) is 0 Å². The van der Waals surface area contributed by atoms with Crippen LogP contribution in [0.2, 0.25) is 0 Å². The van der Waals surface area contributed by atoms with Crippen LogP contribution in [-0.2, 0) is 0 Å². The minimum absolute atomic E-state index is 0.351. The molecular formula is C8H5FIN3O2. The van der Waals surface area contributed by atoms with E-state index in [0.29, 0.717) is 9.26 Å². The van der Waals surface area contributed by atoms with Crippen molar-refractivity contribution >= 4 is 22.6 Å². The number of halogens is 2. The van der Waals surface area contributed by atoms with Gasteiger partial charge in [0, 0.05) is 3.57 Å². The molecule has 0 atom stereocenters. The lowest BCUT2D eigenvalue weighted by atomic mass is 10.3. The summed E-state index contributed by atoms with van der Waals surface area (Å²) >= 11 is 1.85. The van der Waals surface area contributed by atoms with Crippen molar-refractivity contribution in [2.75, 3.05) is 0 Å². The van der Waals surface area contributed by atoms with Crippen LogP contribution in [0.15, 0.2) is 27.8 Å². The average Bonchev–Trinajstić information content (AvgIpc) is 2.48. The molecule has 0 spiro atoms. The Morgan fingerprint density at radius 3 is 2.33 bits per heavy atom. The lowest BCUT2D eigenvalue weighted by molar-refractivity contribution is 0.626. The lowest BCUT2D eigenvalue weighted by Crippen LogP contribution is -2.25. The first-order valence-electron chi connectivity index (χ1n) is 3.95. The van der Waals surface area contributed by atoms with Crippen molar-refractivity contribution in [1.82, 2.24) is 14.8 Å². The molecule has 0 unspecified atom stereocenters. The molecule has 0 saturated carbocycles. The molecule has 1 heterocycles. The lowest BCUT2D eigenvalue weighted by Gasteiger charge is -2.01. The Labute approximate surface area is 96.1 Å². The Morgan fingerprint density at radius 1 is 1.20 bits per heavy atom. The van der Waals surface area contributed by atoms with Crippen LogP contribution in [0, 0.1) is 9.39 Å². The van der Waals surface area contributed by atoms with E-state index in [1.807, 2.05) is 22.6 Å². The molecule has 0 aliphatic rings. The summed E-state index contributed by atoms with van der Waals surface area (Å²) in [6.07, 6.45) is 0. The zero-order chi connectivity index (χ0) is 11.0. The van der Waals surface area contributed by atoms with Crippen LogP contribution >= 0.6 is 22.6 Å². The van der Waals surface area contributed by atoms with Crippen LogP contribution in [-0.4, -0.2) is 14.8 Å². The predicted molar refractivity (Wildman–Crippen MR) is 59.7 cm³/mol. The van der Waals surface area contributed by atoms with E-state index in [4.69, 9.17) is 0 Å². The van der Waals surface area contributed by atoms with E-state index in [1.54, 1.807) is 0 Å². The molecule has 2 aromatic rings. The number of hydrogen-bond acceptors (Lipinski definition) is 2. The second-order valence-electron chi connectivity index (χ2n) is 2.79. The molecule has 0 aliphatic heterocycles. The van der Waals surface area contributed by atoms with Crippen LogP contribution < -0.4 is 11.4 Å². The third-order valence-corrected chi connectivity index (χ3v) is 2.70. The van der Waals surface area contributed by atoms with Crippen molar-refractivity contribution in [3.8, 4) is 5.69 Å². The molecule has 0 saturated heterocycles. The monoisotopic (exact) mass is 321 g/mol. The highest BCUT2D eigenvalue weighted by atomic mass is 127. The molecule has 0 amide bonds. The molecule has 0 radical (unpaired) electrons. The van der Waals surface area contributed by atoms with Crippen LogP contribution in [0.3, 0.4) is 0 Å². The van der Waals surface area contributed by atoms with E-state index in [1.165, 1.54) is 18.2 Å². The molecule has 15 heavy (non-hydrogen) atoms. The molecule has 78 valence electrons. The van der Waals surface area contributed by atoms with E-state index in [0.717, 1.165) is 4.57 Å². The number of hydrogen-bond donors (Lipinski definition) is 2. The number of nitrogens with one attached hydrogen (secondary N) is 2. The van der Waals surface area contributed by atoms with Crippen LogP contribution in [0.4, 0.5) is 4.39 Å². The van der Waals surface area contributed by atoms with Gasteiger partial charge in [-0.25, -0.2) is 28.7 Å². The summed E-state index contributed by atoms with van der Waals surface area (Å²) in [4.78, 5) is 22.5. The maximum atomic E-state index is 12.8. The Hall–Kier alpha value is -1.38. The largest absolute Gasteiger partial charge is 0.349 e. The molecule has 0 fully saturated rings. The van der Waals surface area contributed by atoms with Crippen LogP contribution in [0.25, 0.3) is 5.69 Å². The maximum Gasteiger partial charge on any atom is 0.349 e. The number of aromatic nitrogens is 3. The van der Waals surface area contributed by atoms with E-state index < -0.39 is 17.2 Å². The van der Waals surface area contributed by atoms with Crippen molar-refractivity contribution < 1.29 is 4.39 Å². The molecule has 5 nitrogen and oxygen atoms in total. The summed E-state index contributed by atoms with van der Waals surface area (Å²) in [5, 5.41) is 4.30. The van der Waals surface area contributed by atoms with E-state index in [2.05, 4.69) is 10.2 Å². The van der Waals surface area contributed by atoms with Gasteiger partial charge in [0.1, 0.15) is 5.82 Å². The van der Waals surface area contributed by atoms with Crippen molar-refractivity contribution in [3.05, 3.63) is 48.6 Å². The molecule has 2 N–H and O–H groups in total. The second kappa shape index (κ2) is 3.65. The number of benzene rings is 1. The van der Waals surface area contributed by atoms with Gasteiger partial charge < -0.3 is 0 Å². The number of rotatable bonds is 1. The van der Waals surface area contributed by atoms with Crippen molar-refractivity contribution in [2.24, 2.45) is 0 Å². The Bertz CT molecular complexity index is 585. The third kappa shape index (κ3) is 1.74. The number of H-pyrrole nitrogens is 2. The molecule has 0 bridgehead atoms. The minimum Gasteiger partial charge on any atom is -0.247 e. The van der Waals surface area contributed by atoms with Gasteiger partial charge in [0.2, 0.25) is 0 Å². The summed E-state index contributed by atoms with van der Waals surface area (Å²) in [5.74, 6) is -0.414. The van der Waals surface area contributed by atoms with Gasteiger partial charge in [-0.1, -0.05) is 0 Å². The summed E-state index contributed by atoms with van der Waals surface area (Å²) < 4.78 is 14.2. The normalized spacial score (nSPS) is 10.5. The van der Waals surface area contributed by atoms with E-state index in [-0.39, 0.29) is 0 Å². The van der Waals surface area contributed by atoms with Gasteiger partial charge in [0.05, 0.1) is 5.69 Å². The van der Waals surface area contributed by atoms with Gasteiger partial charge in [0.15, 0.2) is 0 Å². The Morgan fingerprint density at radius 2 is 1.80 bits per heavy atom. The van der Waals surface area contributed by atoms with Gasteiger partial charge in [-0.05, 0) is 40.8 Å². The quantitative estimate of drug-likeness (QED) is 0.755. The molecule has 2 rings (SSSR count). The van der Waals surface area contributed by atoms with Crippen LogP contribution in [0.1, 0.15) is 0 Å². The van der Waals surface area contributed by atoms with Crippen LogP contribution in [0.5, 0.6) is 0 Å². The fourth-order valence-electron chi connectivity index (χ4n) is 1.19. The highest BCUT2D eigenvalue weighted by molar-refractivity contribution is 14.1. The van der Waals surface area contributed by atoms with Crippen molar-refractivity contribution in [3.63, 3.8) is 0 Å². The Kier molecular flexibility index (Phi) is 2.47. The standard InChI is InChI=1S/C8H5FIN3O2/c9-4-1-2-6(5(10)3-4)13-7(14)11-12-8(13)15/h1-3H,(H,11,14)(H,12,15). The summed E-state index contributed by atoms with van der Waals surface area (Å²) in [5.41, 5.74) is -0.807. The Balaban J connectivity index is 2.75. The number of nitrogens with zero attached hydrogens (tertiary/aromatic N) is 1.